The molecule has 1 aromatic heterocycles. The average Bonchev–Trinajstić information content (AvgIpc) is 2.72. The van der Waals surface area contributed by atoms with Gasteiger partial charge in [-0.1, -0.05) is 6.07 Å². The van der Waals surface area contributed by atoms with Gasteiger partial charge in [-0.05, 0) is 6.07 Å². The molecule has 1 heterocycles. The minimum atomic E-state index is -0.492. The van der Waals surface area contributed by atoms with Crippen molar-refractivity contribution in [1.82, 2.24) is 4.98 Å². The van der Waals surface area contributed by atoms with Gasteiger partial charge in [-0.2, -0.15) is 0 Å². The van der Waals surface area contributed by atoms with Crippen LogP contribution >= 0.6 is 11.6 Å². The fourth-order valence-corrected chi connectivity index (χ4v) is 1.93. The molecule has 0 saturated carbocycles. The lowest BCUT2D eigenvalue weighted by molar-refractivity contribution is -0.383. The third-order valence-electron chi connectivity index (χ3n) is 2.50. The van der Waals surface area contributed by atoms with Crippen LogP contribution in [0.4, 0.5) is 5.69 Å². The summed E-state index contributed by atoms with van der Waals surface area (Å²) in [5, 5.41) is 11.3. The Bertz CT molecular complexity index is 591. The van der Waals surface area contributed by atoms with Crippen LogP contribution in [0.5, 0.6) is 0 Å². The van der Waals surface area contributed by atoms with Crippen LogP contribution in [0.2, 0.25) is 0 Å². The Morgan fingerprint density at radius 1 is 1.47 bits per heavy atom. The Balaban J connectivity index is 2.65. The first-order valence-electron chi connectivity index (χ1n) is 4.99. The van der Waals surface area contributed by atoms with Crippen LogP contribution < -0.4 is 0 Å². The highest BCUT2D eigenvalue weighted by Gasteiger charge is 2.20. The van der Waals surface area contributed by atoms with Crippen molar-refractivity contribution in [1.29, 1.82) is 0 Å². The van der Waals surface area contributed by atoms with Crippen LogP contribution in [-0.4, -0.2) is 21.6 Å². The van der Waals surface area contributed by atoms with E-state index in [0.29, 0.717) is 16.5 Å². The number of rotatable bonds is 4. The quantitative estimate of drug-likeness (QED) is 0.393. The summed E-state index contributed by atoms with van der Waals surface area (Å²) < 4.78 is 0. The van der Waals surface area contributed by atoms with Gasteiger partial charge >= 0.3 is 0 Å². The number of nitrogens with zero attached hydrogens (tertiary/aromatic N) is 1. The van der Waals surface area contributed by atoms with Crippen LogP contribution in [-0.2, 0) is 0 Å². The average molecular weight is 253 g/mol. The molecule has 2 aromatic rings. The van der Waals surface area contributed by atoms with E-state index in [1.54, 1.807) is 12.1 Å². The number of non-ortho nitro benzene ring substituents is 1. The summed E-state index contributed by atoms with van der Waals surface area (Å²) in [6, 6.07) is 4.65. The molecule has 2 rings (SSSR count). The number of carbonyl (C=O) groups is 1. The molecule has 0 aliphatic carbocycles. The SMILES string of the molecule is O=C(CCCl)c1c[nH]c2cccc([N+](=O)[O-])c12. The monoisotopic (exact) mass is 252 g/mol. The molecule has 0 aliphatic rings. The van der Waals surface area contributed by atoms with E-state index in [1.165, 1.54) is 12.3 Å². The van der Waals surface area contributed by atoms with Gasteiger partial charge in [-0.15, -0.1) is 11.6 Å². The van der Waals surface area contributed by atoms with E-state index in [9.17, 15) is 14.9 Å². The number of nitro groups is 1. The predicted octanol–water partition coefficient (Wildman–Crippen LogP) is 2.89. The molecule has 0 saturated heterocycles. The number of H-pyrrole nitrogens is 1. The van der Waals surface area contributed by atoms with Crippen molar-refractivity contribution in [3.05, 3.63) is 40.1 Å². The molecule has 6 heteroatoms. The van der Waals surface area contributed by atoms with Crippen molar-refractivity contribution in [2.75, 3.05) is 5.88 Å². The number of Topliss-reactive ketones (excluding diaryl/α,β-unsaturated/α-hetero) is 1. The van der Waals surface area contributed by atoms with Crippen LogP contribution in [0, 0.1) is 10.1 Å². The van der Waals surface area contributed by atoms with E-state index in [2.05, 4.69) is 4.98 Å². The summed E-state index contributed by atoms with van der Waals surface area (Å²) in [6.07, 6.45) is 1.66. The summed E-state index contributed by atoms with van der Waals surface area (Å²) in [5.41, 5.74) is 0.840. The van der Waals surface area contributed by atoms with Gasteiger partial charge in [0.2, 0.25) is 0 Å². The Kier molecular flexibility index (Phi) is 3.10. The number of aromatic nitrogens is 1. The fourth-order valence-electron chi connectivity index (χ4n) is 1.76. The summed E-state index contributed by atoms with van der Waals surface area (Å²) in [5.74, 6) is 0.00660. The van der Waals surface area contributed by atoms with E-state index in [-0.39, 0.29) is 23.8 Å². The maximum Gasteiger partial charge on any atom is 0.279 e. The highest BCUT2D eigenvalue weighted by Crippen LogP contribution is 2.29. The van der Waals surface area contributed by atoms with Gasteiger partial charge < -0.3 is 4.98 Å². The van der Waals surface area contributed by atoms with Gasteiger partial charge in [0.05, 0.1) is 15.8 Å². The molecule has 0 bridgehead atoms. The van der Waals surface area contributed by atoms with E-state index in [0.717, 1.165) is 0 Å². The predicted molar refractivity (Wildman–Crippen MR) is 64.6 cm³/mol. The maximum absolute atomic E-state index is 11.8. The van der Waals surface area contributed by atoms with E-state index in [1.807, 2.05) is 0 Å². The number of ketones is 1. The maximum atomic E-state index is 11.8. The minimum Gasteiger partial charge on any atom is -0.360 e. The van der Waals surface area contributed by atoms with E-state index < -0.39 is 4.92 Å². The standard InChI is InChI=1S/C11H9ClN2O3/c12-5-4-10(15)7-6-13-8-2-1-3-9(11(7)8)14(16)17/h1-3,6,13H,4-5H2. The largest absolute Gasteiger partial charge is 0.360 e. The summed E-state index contributed by atoms with van der Waals surface area (Å²) >= 11 is 5.50. The number of fused-ring (bicyclic) bond motifs is 1. The Hall–Kier alpha value is -1.88. The summed E-state index contributed by atoms with van der Waals surface area (Å²) in [7, 11) is 0. The number of benzene rings is 1. The molecule has 88 valence electrons. The Morgan fingerprint density at radius 3 is 2.88 bits per heavy atom. The number of carbonyl (C=O) groups excluding carboxylic acids is 1. The van der Waals surface area contributed by atoms with E-state index >= 15 is 0 Å². The number of nitrogens with one attached hydrogen (secondary N) is 1. The zero-order valence-electron chi connectivity index (χ0n) is 8.77. The molecular formula is C11H9ClN2O3. The van der Waals surface area contributed by atoms with Gasteiger partial charge in [0.15, 0.2) is 5.78 Å². The van der Waals surface area contributed by atoms with Crippen LogP contribution in [0.3, 0.4) is 0 Å². The molecule has 0 aliphatic heterocycles. The van der Waals surface area contributed by atoms with Crippen molar-refractivity contribution in [2.24, 2.45) is 0 Å². The van der Waals surface area contributed by atoms with Gasteiger partial charge in [-0.25, -0.2) is 0 Å². The topological polar surface area (TPSA) is 76.0 Å². The minimum absolute atomic E-state index is 0.0679. The molecule has 5 nitrogen and oxygen atoms in total. The van der Waals surface area contributed by atoms with Gasteiger partial charge in [0.25, 0.3) is 5.69 Å². The highest BCUT2D eigenvalue weighted by atomic mass is 35.5. The molecule has 0 spiro atoms. The van der Waals surface area contributed by atoms with Crippen molar-refractivity contribution < 1.29 is 9.72 Å². The molecule has 1 aromatic carbocycles. The number of nitro benzene ring substituents is 1. The number of hydrogen-bond donors (Lipinski definition) is 1. The molecule has 0 unspecified atom stereocenters. The normalized spacial score (nSPS) is 10.6. The van der Waals surface area contributed by atoms with Gasteiger partial charge in [0, 0.05) is 30.1 Å². The first kappa shape index (κ1) is 11.6. The molecule has 17 heavy (non-hydrogen) atoms. The number of aromatic amines is 1. The summed E-state index contributed by atoms with van der Waals surface area (Å²) in [4.78, 5) is 25.0. The number of alkyl halides is 1. The highest BCUT2D eigenvalue weighted by molar-refractivity contribution is 6.20. The van der Waals surface area contributed by atoms with Gasteiger partial charge in [0.1, 0.15) is 0 Å². The Labute approximate surface area is 102 Å². The zero-order chi connectivity index (χ0) is 12.4. The lowest BCUT2D eigenvalue weighted by Crippen LogP contribution is -1.99. The molecule has 0 fully saturated rings. The molecular weight excluding hydrogens is 244 g/mol. The number of hydrogen-bond acceptors (Lipinski definition) is 3. The second-order valence-electron chi connectivity index (χ2n) is 3.52. The van der Waals surface area contributed by atoms with Crippen LogP contribution in [0.15, 0.2) is 24.4 Å². The second-order valence-corrected chi connectivity index (χ2v) is 3.90. The third kappa shape index (κ3) is 2.01. The first-order chi connectivity index (χ1) is 8.15. The Morgan fingerprint density at radius 2 is 2.24 bits per heavy atom. The lowest BCUT2D eigenvalue weighted by Gasteiger charge is -1.98. The van der Waals surface area contributed by atoms with Crippen molar-refractivity contribution >= 4 is 34.0 Å². The summed E-state index contributed by atoms with van der Waals surface area (Å²) in [6.45, 7) is 0. The smallest absolute Gasteiger partial charge is 0.279 e. The van der Waals surface area contributed by atoms with Crippen molar-refractivity contribution in [3.8, 4) is 0 Å². The zero-order valence-corrected chi connectivity index (χ0v) is 9.53. The van der Waals surface area contributed by atoms with Crippen LogP contribution in [0.25, 0.3) is 10.9 Å². The van der Waals surface area contributed by atoms with Crippen LogP contribution in [0.1, 0.15) is 16.8 Å². The third-order valence-corrected chi connectivity index (χ3v) is 2.69. The second kappa shape index (κ2) is 4.55. The molecule has 1 N–H and O–H groups in total. The van der Waals surface area contributed by atoms with Crippen molar-refractivity contribution in [3.63, 3.8) is 0 Å². The van der Waals surface area contributed by atoms with Gasteiger partial charge in [-0.3, -0.25) is 14.9 Å². The number of halogens is 1. The first-order valence-corrected chi connectivity index (χ1v) is 5.52. The molecule has 0 radical (unpaired) electrons. The fraction of sp³-hybridized carbons (Fsp3) is 0.182. The lowest BCUT2D eigenvalue weighted by atomic mass is 10.1. The molecule has 0 atom stereocenters. The van der Waals surface area contributed by atoms with Crippen molar-refractivity contribution in [2.45, 2.75) is 6.42 Å². The molecule has 0 amide bonds. The van der Waals surface area contributed by atoms with E-state index in [4.69, 9.17) is 11.6 Å².